The molecular formula is C38H48N16O13. The Kier molecular flexibility index (Phi) is 18.4. The Balaban J connectivity index is 1.25. The predicted molar refractivity (Wildman–Crippen MR) is 225 cm³/mol. The van der Waals surface area contributed by atoms with E-state index < -0.39 is 123 Å². The second-order valence-corrected chi connectivity index (χ2v) is 15.8. The van der Waals surface area contributed by atoms with Gasteiger partial charge in [0.05, 0.1) is 68.3 Å². The fraction of sp³-hybridized carbons (Fsp3) is 0.658. The molecule has 2 aromatic rings. The van der Waals surface area contributed by atoms with Crippen molar-refractivity contribution in [1.29, 1.82) is 0 Å². The first-order chi connectivity index (χ1) is 32.5. The standard InChI is InChI=1S/C38H48N16O13/c39-49-44-14-25-29(57)30(58)27(48-53-43)36(63-25)66-33-26(17-55)64-37(31(33)59)67-34-28(56)23(46-51-41)13-24(47-52-42)32(34)65-35-22(45-50-40)12-11-21(62-35)16-54(15-19-7-3-1-4-8-19)38(60)61-18-20-9-5-2-6-10-20/h1-10,21-37,55-59H,11-18H2. The van der Waals surface area contributed by atoms with Gasteiger partial charge in [-0.2, -0.15) is 0 Å². The van der Waals surface area contributed by atoms with Crippen LogP contribution in [0, 0.1) is 0 Å². The molecule has 2 aromatic carbocycles. The highest BCUT2D eigenvalue weighted by atomic mass is 16.8. The summed E-state index contributed by atoms with van der Waals surface area (Å²) in [7, 11) is 0. The zero-order valence-corrected chi connectivity index (χ0v) is 35.4. The fourth-order valence-electron chi connectivity index (χ4n) is 8.26. The van der Waals surface area contributed by atoms with E-state index in [-0.39, 0.29) is 39.0 Å². The van der Waals surface area contributed by atoms with E-state index in [1.165, 1.54) is 4.90 Å². The van der Waals surface area contributed by atoms with Crippen molar-refractivity contribution in [3.63, 3.8) is 0 Å². The average molecular weight is 937 g/mol. The third kappa shape index (κ3) is 12.6. The number of azide groups is 5. The lowest BCUT2D eigenvalue weighted by molar-refractivity contribution is -0.289. The van der Waals surface area contributed by atoms with Crippen LogP contribution in [-0.4, -0.2) is 160 Å². The molecule has 6 rings (SSSR count). The maximum atomic E-state index is 13.6. The Morgan fingerprint density at radius 2 is 1.25 bits per heavy atom. The summed E-state index contributed by atoms with van der Waals surface area (Å²) in [5.41, 5.74) is 48.2. The minimum absolute atomic E-state index is 0.00718. The van der Waals surface area contributed by atoms with Gasteiger partial charge in [0.15, 0.2) is 18.9 Å². The molecule has 17 unspecified atom stereocenters. The lowest BCUT2D eigenvalue weighted by atomic mass is 9.84. The van der Waals surface area contributed by atoms with Crippen LogP contribution in [0.4, 0.5) is 4.79 Å². The van der Waals surface area contributed by atoms with Gasteiger partial charge in [-0.05, 0) is 58.0 Å². The monoisotopic (exact) mass is 936 g/mol. The Hall–Kier alpha value is -6.18. The number of amides is 1. The summed E-state index contributed by atoms with van der Waals surface area (Å²) < 4.78 is 42.1. The van der Waals surface area contributed by atoms with Gasteiger partial charge in [-0.15, -0.1) is 0 Å². The first-order valence-corrected chi connectivity index (χ1v) is 21.0. The summed E-state index contributed by atoms with van der Waals surface area (Å²) >= 11 is 0. The van der Waals surface area contributed by atoms with Gasteiger partial charge in [0.2, 0.25) is 0 Å². The van der Waals surface area contributed by atoms with Crippen molar-refractivity contribution in [2.45, 2.75) is 136 Å². The number of benzene rings is 2. The van der Waals surface area contributed by atoms with Crippen LogP contribution >= 0.6 is 0 Å². The molecule has 358 valence electrons. The van der Waals surface area contributed by atoms with Crippen molar-refractivity contribution in [2.75, 3.05) is 19.7 Å². The highest BCUT2D eigenvalue weighted by Crippen LogP contribution is 2.38. The molecule has 4 aliphatic rings. The zero-order chi connectivity index (χ0) is 47.9. The highest BCUT2D eigenvalue weighted by molar-refractivity contribution is 5.67. The van der Waals surface area contributed by atoms with E-state index in [0.717, 1.165) is 11.1 Å². The van der Waals surface area contributed by atoms with Crippen LogP contribution in [-0.2, 0) is 46.3 Å². The smallest absolute Gasteiger partial charge is 0.410 e. The summed E-state index contributed by atoms with van der Waals surface area (Å²) in [5.74, 6) is 0. The molecule has 3 aliphatic heterocycles. The van der Waals surface area contributed by atoms with Crippen LogP contribution < -0.4 is 0 Å². The van der Waals surface area contributed by atoms with E-state index in [9.17, 15) is 52.5 Å². The van der Waals surface area contributed by atoms with E-state index >= 15 is 0 Å². The molecule has 0 bridgehead atoms. The largest absolute Gasteiger partial charge is 0.445 e. The highest BCUT2D eigenvalue weighted by Gasteiger charge is 2.54. The first-order valence-electron chi connectivity index (χ1n) is 21.0. The van der Waals surface area contributed by atoms with Crippen LogP contribution in [0.3, 0.4) is 0 Å². The molecule has 0 spiro atoms. The second-order valence-electron chi connectivity index (χ2n) is 15.8. The topological polar surface area (TPSA) is 430 Å². The molecule has 29 heteroatoms. The molecule has 3 heterocycles. The second kappa shape index (κ2) is 24.5. The number of carbonyl (C=O) groups is 1. The Bertz CT molecular complexity index is 2190. The third-order valence-electron chi connectivity index (χ3n) is 11.6. The van der Waals surface area contributed by atoms with Gasteiger partial charge in [-0.1, -0.05) is 86.2 Å². The number of carbonyl (C=O) groups excluding carboxylic acids is 1. The van der Waals surface area contributed by atoms with E-state index in [1.54, 1.807) is 0 Å². The average Bonchev–Trinajstić information content (AvgIpc) is 3.63. The van der Waals surface area contributed by atoms with Crippen LogP contribution in [0.15, 0.2) is 86.2 Å². The van der Waals surface area contributed by atoms with Gasteiger partial charge in [0.25, 0.3) is 0 Å². The summed E-state index contributed by atoms with van der Waals surface area (Å²) in [4.78, 5) is 29.0. The van der Waals surface area contributed by atoms with Gasteiger partial charge in [0.1, 0.15) is 43.2 Å². The molecule has 67 heavy (non-hydrogen) atoms. The quantitative estimate of drug-likeness (QED) is 0.0761. The normalized spacial score (nSPS) is 34.7. The third-order valence-corrected chi connectivity index (χ3v) is 11.6. The lowest BCUT2D eigenvalue weighted by Crippen LogP contribution is -2.61. The Labute approximate surface area is 379 Å². The van der Waals surface area contributed by atoms with Crippen molar-refractivity contribution in [3.05, 3.63) is 124 Å². The van der Waals surface area contributed by atoms with Gasteiger partial charge >= 0.3 is 6.09 Å². The maximum Gasteiger partial charge on any atom is 0.410 e. The molecule has 4 fully saturated rings. The van der Waals surface area contributed by atoms with Gasteiger partial charge in [-0.25, -0.2) is 4.79 Å². The minimum atomic E-state index is -1.89. The van der Waals surface area contributed by atoms with Crippen LogP contribution in [0.2, 0.25) is 0 Å². The van der Waals surface area contributed by atoms with Gasteiger partial charge < -0.3 is 63.6 Å². The van der Waals surface area contributed by atoms with Crippen molar-refractivity contribution >= 4 is 6.09 Å². The predicted octanol–water partition coefficient (Wildman–Crippen LogP) is 3.80. The summed E-state index contributed by atoms with van der Waals surface area (Å²) in [6, 6.07) is 13.0. The van der Waals surface area contributed by atoms with Crippen molar-refractivity contribution in [2.24, 2.45) is 25.6 Å². The van der Waals surface area contributed by atoms with E-state index in [4.69, 9.17) is 38.7 Å². The summed E-state index contributed by atoms with van der Waals surface area (Å²) in [6.45, 7) is -1.24. The minimum Gasteiger partial charge on any atom is -0.445 e. The first kappa shape index (κ1) is 50.2. The number of hydrogen-bond donors (Lipinski definition) is 5. The molecular weight excluding hydrogens is 889 g/mol. The molecule has 29 nitrogen and oxygen atoms in total. The van der Waals surface area contributed by atoms with Gasteiger partial charge in [0, 0.05) is 31.1 Å². The molecule has 1 saturated carbocycles. The molecule has 5 N–H and O–H groups in total. The van der Waals surface area contributed by atoms with Crippen molar-refractivity contribution in [1.82, 2.24) is 4.90 Å². The lowest BCUT2D eigenvalue weighted by Gasteiger charge is -2.45. The molecule has 0 aromatic heterocycles. The molecule has 17 atom stereocenters. The van der Waals surface area contributed by atoms with Crippen molar-refractivity contribution < 1.29 is 63.5 Å². The maximum absolute atomic E-state index is 13.6. The number of aliphatic hydroxyl groups is 5. The number of nitrogens with zero attached hydrogens (tertiary/aromatic N) is 16. The van der Waals surface area contributed by atoms with E-state index in [0.29, 0.717) is 0 Å². The number of ether oxygens (including phenoxy) is 7. The number of rotatable bonds is 19. The summed E-state index contributed by atoms with van der Waals surface area (Å²) in [6.07, 6.45) is -21.1. The zero-order valence-electron chi connectivity index (χ0n) is 35.4. The van der Waals surface area contributed by atoms with E-state index in [1.807, 2.05) is 60.7 Å². The van der Waals surface area contributed by atoms with Gasteiger partial charge in [-0.3, -0.25) is 0 Å². The van der Waals surface area contributed by atoms with Crippen LogP contribution in [0.25, 0.3) is 52.2 Å². The van der Waals surface area contributed by atoms with Crippen LogP contribution in [0.1, 0.15) is 30.4 Å². The molecule has 0 radical (unpaired) electrons. The Morgan fingerprint density at radius 3 is 1.91 bits per heavy atom. The number of hydrogen-bond acceptors (Lipinski definition) is 18. The number of aliphatic hydroxyl groups excluding tert-OH is 5. The molecule has 1 aliphatic carbocycles. The molecule has 3 saturated heterocycles. The Morgan fingerprint density at radius 1 is 0.642 bits per heavy atom. The summed E-state index contributed by atoms with van der Waals surface area (Å²) in [5, 5.41) is 73.2. The van der Waals surface area contributed by atoms with Crippen LogP contribution in [0.5, 0.6) is 0 Å². The van der Waals surface area contributed by atoms with E-state index in [2.05, 4.69) is 50.1 Å². The SMILES string of the molecule is [N-]=[N+]=NCC1OC(OC2C(CO)OC(OC3C(O)C(N=[N+]=[N-])CC(N=[N+]=[N-])C3OC3OC(CN(Cc4ccccc4)C(=O)OCc4ccccc4)CCC3N=[N+]=[N-])C2O)C(N=[N+]=[N-])C(O)C1O. The fourth-order valence-corrected chi connectivity index (χ4v) is 8.26. The molecule has 1 amide bonds. The van der Waals surface area contributed by atoms with Crippen molar-refractivity contribution in [3.8, 4) is 0 Å².